The molecule has 0 aromatic heterocycles. The molecule has 0 atom stereocenters. The smallest absolute Gasteiger partial charge is 0.224 e. The van der Waals surface area contributed by atoms with Gasteiger partial charge in [0.1, 0.15) is 0 Å². The number of amides is 1. The number of hydrogen-bond acceptors (Lipinski definition) is 2. The minimum absolute atomic E-state index is 0. The fourth-order valence-electron chi connectivity index (χ4n) is 2.60. The number of benzene rings is 1. The largest absolute Gasteiger partial charge is 0.353 e. The van der Waals surface area contributed by atoms with E-state index in [0.717, 1.165) is 37.8 Å². The highest BCUT2D eigenvalue weighted by Crippen LogP contribution is 2.23. The van der Waals surface area contributed by atoms with Gasteiger partial charge in [-0.25, -0.2) is 0 Å². The van der Waals surface area contributed by atoms with Gasteiger partial charge in [0.2, 0.25) is 5.91 Å². The van der Waals surface area contributed by atoms with E-state index >= 15 is 0 Å². The topological polar surface area (TPSA) is 55.1 Å². The van der Waals surface area contributed by atoms with Gasteiger partial charge in [0, 0.05) is 6.04 Å². The predicted octanol–water partition coefficient (Wildman–Crippen LogP) is 2.28. The summed E-state index contributed by atoms with van der Waals surface area (Å²) in [4.78, 5) is 11.9. The molecule has 2 rings (SSSR count). The Morgan fingerprint density at radius 2 is 1.79 bits per heavy atom. The van der Waals surface area contributed by atoms with Crippen LogP contribution in [0.1, 0.15) is 31.2 Å². The van der Waals surface area contributed by atoms with Crippen LogP contribution in [0.2, 0.25) is 0 Å². The van der Waals surface area contributed by atoms with E-state index in [1.54, 1.807) is 0 Å². The number of rotatable bonds is 4. The minimum Gasteiger partial charge on any atom is -0.353 e. The van der Waals surface area contributed by atoms with Crippen molar-refractivity contribution in [3.8, 4) is 0 Å². The molecular weight excluding hydrogens is 260 g/mol. The third kappa shape index (κ3) is 5.21. The first-order valence-electron chi connectivity index (χ1n) is 6.81. The Kier molecular flexibility index (Phi) is 6.89. The van der Waals surface area contributed by atoms with Crippen molar-refractivity contribution < 1.29 is 4.79 Å². The molecule has 0 aliphatic heterocycles. The summed E-state index contributed by atoms with van der Waals surface area (Å²) in [5, 5.41) is 3.13. The van der Waals surface area contributed by atoms with Crippen LogP contribution in [0.3, 0.4) is 0 Å². The van der Waals surface area contributed by atoms with Crippen LogP contribution in [0.15, 0.2) is 30.3 Å². The maximum atomic E-state index is 11.9. The number of halogens is 1. The molecule has 106 valence electrons. The maximum Gasteiger partial charge on any atom is 0.224 e. The second-order valence-electron chi connectivity index (χ2n) is 5.18. The van der Waals surface area contributed by atoms with Crippen LogP contribution in [-0.2, 0) is 11.2 Å². The van der Waals surface area contributed by atoms with Crippen LogP contribution in [0.25, 0.3) is 0 Å². The zero-order valence-electron chi connectivity index (χ0n) is 11.2. The molecule has 3 N–H and O–H groups in total. The number of carbonyl (C=O) groups excluding carboxylic acids is 1. The van der Waals surface area contributed by atoms with Crippen molar-refractivity contribution in [2.24, 2.45) is 11.7 Å². The third-order valence-corrected chi connectivity index (χ3v) is 3.75. The third-order valence-electron chi connectivity index (χ3n) is 3.75. The first kappa shape index (κ1) is 16.0. The van der Waals surface area contributed by atoms with E-state index in [1.807, 2.05) is 30.3 Å². The second-order valence-corrected chi connectivity index (χ2v) is 5.18. The molecule has 0 radical (unpaired) electrons. The summed E-state index contributed by atoms with van der Waals surface area (Å²) in [6.07, 6.45) is 4.92. The van der Waals surface area contributed by atoms with Crippen molar-refractivity contribution in [3.05, 3.63) is 35.9 Å². The molecule has 0 heterocycles. The van der Waals surface area contributed by atoms with Crippen molar-refractivity contribution in [1.82, 2.24) is 5.32 Å². The SMILES string of the molecule is Cl.NCC1CCC(NC(=O)Cc2ccccc2)CC1. The normalized spacial score (nSPS) is 22.4. The molecular formula is C15H23ClN2O. The van der Waals surface area contributed by atoms with Gasteiger partial charge in [-0.05, 0) is 43.7 Å². The molecule has 1 fully saturated rings. The molecule has 19 heavy (non-hydrogen) atoms. The van der Waals surface area contributed by atoms with E-state index in [0.29, 0.717) is 18.4 Å². The molecule has 0 spiro atoms. The van der Waals surface area contributed by atoms with E-state index in [-0.39, 0.29) is 18.3 Å². The lowest BCUT2D eigenvalue weighted by atomic mass is 9.86. The molecule has 0 saturated heterocycles. The van der Waals surface area contributed by atoms with Crippen molar-refractivity contribution in [2.75, 3.05) is 6.54 Å². The molecule has 4 heteroatoms. The molecule has 1 aromatic carbocycles. The van der Waals surface area contributed by atoms with Crippen LogP contribution in [0.4, 0.5) is 0 Å². The average Bonchev–Trinajstić information content (AvgIpc) is 2.40. The summed E-state index contributed by atoms with van der Waals surface area (Å²) in [6, 6.07) is 10.2. The zero-order chi connectivity index (χ0) is 12.8. The number of nitrogens with two attached hydrogens (primary N) is 1. The number of carbonyl (C=O) groups is 1. The van der Waals surface area contributed by atoms with Crippen molar-refractivity contribution in [3.63, 3.8) is 0 Å². The van der Waals surface area contributed by atoms with Crippen LogP contribution >= 0.6 is 12.4 Å². The van der Waals surface area contributed by atoms with Crippen LogP contribution in [-0.4, -0.2) is 18.5 Å². The van der Waals surface area contributed by atoms with E-state index < -0.39 is 0 Å². The maximum absolute atomic E-state index is 11.9. The molecule has 1 aromatic rings. The standard InChI is InChI=1S/C15H22N2O.ClH/c16-11-13-6-8-14(9-7-13)17-15(18)10-12-4-2-1-3-5-12;/h1-5,13-14H,6-11,16H2,(H,17,18);1H. The lowest BCUT2D eigenvalue weighted by molar-refractivity contribution is -0.121. The van der Waals surface area contributed by atoms with Gasteiger partial charge in [0.05, 0.1) is 6.42 Å². The van der Waals surface area contributed by atoms with Gasteiger partial charge in [-0.1, -0.05) is 30.3 Å². The molecule has 1 aliphatic carbocycles. The van der Waals surface area contributed by atoms with Gasteiger partial charge < -0.3 is 11.1 Å². The van der Waals surface area contributed by atoms with E-state index in [4.69, 9.17) is 5.73 Å². The molecule has 1 aliphatic rings. The van der Waals surface area contributed by atoms with Crippen LogP contribution in [0.5, 0.6) is 0 Å². The molecule has 3 nitrogen and oxygen atoms in total. The van der Waals surface area contributed by atoms with Gasteiger partial charge in [-0.3, -0.25) is 4.79 Å². The quantitative estimate of drug-likeness (QED) is 0.890. The van der Waals surface area contributed by atoms with Crippen LogP contribution < -0.4 is 11.1 Å². The Morgan fingerprint density at radius 1 is 1.16 bits per heavy atom. The van der Waals surface area contributed by atoms with Crippen molar-refractivity contribution in [2.45, 2.75) is 38.1 Å². The van der Waals surface area contributed by atoms with Gasteiger partial charge in [0.25, 0.3) is 0 Å². The van der Waals surface area contributed by atoms with Gasteiger partial charge >= 0.3 is 0 Å². The predicted molar refractivity (Wildman–Crippen MR) is 80.3 cm³/mol. The zero-order valence-corrected chi connectivity index (χ0v) is 12.0. The van der Waals surface area contributed by atoms with Gasteiger partial charge in [-0.2, -0.15) is 0 Å². The van der Waals surface area contributed by atoms with E-state index in [1.165, 1.54) is 0 Å². The fraction of sp³-hybridized carbons (Fsp3) is 0.533. The molecule has 1 saturated carbocycles. The highest BCUT2D eigenvalue weighted by atomic mass is 35.5. The van der Waals surface area contributed by atoms with Gasteiger partial charge in [0.15, 0.2) is 0 Å². The highest BCUT2D eigenvalue weighted by Gasteiger charge is 2.21. The summed E-state index contributed by atoms with van der Waals surface area (Å²) < 4.78 is 0. The Morgan fingerprint density at radius 3 is 2.37 bits per heavy atom. The Bertz CT molecular complexity index is 375. The summed E-state index contributed by atoms with van der Waals surface area (Å²) in [6.45, 7) is 0.782. The Labute approximate surface area is 121 Å². The fourth-order valence-corrected chi connectivity index (χ4v) is 2.60. The first-order chi connectivity index (χ1) is 8.78. The molecule has 1 amide bonds. The van der Waals surface area contributed by atoms with Crippen molar-refractivity contribution in [1.29, 1.82) is 0 Å². The van der Waals surface area contributed by atoms with Gasteiger partial charge in [-0.15, -0.1) is 12.4 Å². The summed E-state index contributed by atoms with van der Waals surface area (Å²) >= 11 is 0. The number of nitrogens with one attached hydrogen (secondary N) is 1. The number of hydrogen-bond donors (Lipinski definition) is 2. The van der Waals surface area contributed by atoms with E-state index in [2.05, 4.69) is 5.32 Å². The first-order valence-corrected chi connectivity index (χ1v) is 6.81. The summed E-state index contributed by atoms with van der Waals surface area (Å²) in [5.41, 5.74) is 6.74. The molecule has 0 bridgehead atoms. The average molecular weight is 283 g/mol. The Hall–Kier alpha value is -1.06. The minimum atomic E-state index is 0. The summed E-state index contributed by atoms with van der Waals surface area (Å²) in [5.74, 6) is 0.796. The lowest BCUT2D eigenvalue weighted by Crippen LogP contribution is -2.39. The lowest BCUT2D eigenvalue weighted by Gasteiger charge is -2.28. The Balaban J connectivity index is 0.00000180. The summed E-state index contributed by atoms with van der Waals surface area (Å²) in [7, 11) is 0. The highest BCUT2D eigenvalue weighted by molar-refractivity contribution is 5.85. The van der Waals surface area contributed by atoms with Crippen LogP contribution in [0, 0.1) is 5.92 Å². The van der Waals surface area contributed by atoms with E-state index in [9.17, 15) is 4.79 Å². The monoisotopic (exact) mass is 282 g/mol. The van der Waals surface area contributed by atoms with Crippen molar-refractivity contribution >= 4 is 18.3 Å². The molecule has 0 unspecified atom stereocenters. The second kappa shape index (κ2) is 8.18.